The van der Waals surface area contributed by atoms with Gasteiger partial charge in [-0.1, -0.05) is 45.4 Å². The van der Waals surface area contributed by atoms with Crippen molar-refractivity contribution in [2.45, 2.75) is 84.8 Å². The third-order valence-electron chi connectivity index (χ3n) is 7.76. The number of rotatable bonds is 8. The monoisotopic (exact) mass is 479 g/mol. The summed E-state index contributed by atoms with van der Waals surface area (Å²) in [7, 11) is 0. The zero-order chi connectivity index (χ0) is 25.2. The van der Waals surface area contributed by atoms with Crippen molar-refractivity contribution in [2.75, 3.05) is 19.6 Å². The molecule has 2 aliphatic rings. The van der Waals surface area contributed by atoms with Crippen LogP contribution < -0.4 is 5.32 Å². The topological polar surface area (TPSA) is 70.5 Å². The summed E-state index contributed by atoms with van der Waals surface area (Å²) in [5, 5.41) is 7.91. The molecule has 3 heterocycles. The highest BCUT2D eigenvalue weighted by Crippen LogP contribution is 2.35. The minimum Gasteiger partial charge on any atom is -0.342 e. The van der Waals surface area contributed by atoms with Crippen LogP contribution in [0.3, 0.4) is 0 Å². The van der Waals surface area contributed by atoms with E-state index in [1.165, 1.54) is 5.56 Å². The maximum atomic E-state index is 13.5. The van der Waals surface area contributed by atoms with E-state index >= 15 is 0 Å². The van der Waals surface area contributed by atoms with Crippen LogP contribution in [0.5, 0.6) is 0 Å². The van der Waals surface area contributed by atoms with Gasteiger partial charge in [-0.25, -0.2) is 4.68 Å². The summed E-state index contributed by atoms with van der Waals surface area (Å²) in [6.07, 6.45) is 3.98. The van der Waals surface area contributed by atoms with E-state index in [1.807, 2.05) is 27.8 Å². The highest BCUT2D eigenvalue weighted by atomic mass is 16.2. The Labute approximate surface area is 209 Å². The molecule has 35 heavy (non-hydrogen) atoms. The molecule has 1 atom stereocenters. The third kappa shape index (κ3) is 5.01. The van der Waals surface area contributed by atoms with Gasteiger partial charge in [-0.2, -0.15) is 5.10 Å². The van der Waals surface area contributed by atoms with Gasteiger partial charge in [0.1, 0.15) is 11.6 Å². The minimum absolute atomic E-state index is 0.0442. The first-order valence-electron chi connectivity index (χ1n) is 13.2. The van der Waals surface area contributed by atoms with Crippen LogP contribution in [-0.4, -0.2) is 62.6 Å². The van der Waals surface area contributed by atoms with Crippen molar-refractivity contribution in [3.8, 4) is 5.69 Å². The fraction of sp³-hybridized carbons (Fsp3) is 0.607. The number of aryl methyl sites for hydroxylation is 1. The van der Waals surface area contributed by atoms with Gasteiger partial charge in [0, 0.05) is 37.4 Å². The molecule has 1 unspecified atom stereocenters. The molecule has 0 aliphatic carbocycles. The predicted molar refractivity (Wildman–Crippen MR) is 138 cm³/mol. The number of hydrogen-bond donors (Lipinski definition) is 1. The normalized spacial score (nSPS) is 20.6. The lowest BCUT2D eigenvalue weighted by atomic mass is 9.80. The average Bonchev–Trinajstić information content (AvgIpc) is 3.12. The molecule has 0 bridgehead atoms. The van der Waals surface area contributed by atoms with E-state index in [9.17, 15) is 9.59 Å². The van der Waals surface area contributed by atoms with Crippen LogP contribution in [-0.2, 0) is 16.1 Å². The number of nitrogens with zero attached hydrogens (tertiary/aromatic N) is 4. The van der Waals surface area contributed by atoms with Gasteiger partial charge in [0.25, 0.3) is 0 Å². The number of likely N-dealkylation sites (tertiary alicyclic amines) is 1. The number of unbranched alkanes of at least 4 members (excludes halogenated alkanes) is 1. The van der Waals surface area contributed by atoms with Gasteiger partial charge < -0.3 is 10.2 Å². The van der Waals surface area contributed by atoms with Crippen molar-refractivity contribution in [3.05, 3.63) is 47.3 Å². The lowest BCUT2D eigenvalue weighted by molar-refractivity contribution is -0.161. The highest BCUT2D eigenvalue weighted by molar-refractivity contribution is 6.00. The second-order valence-electron chi connectivity index (χ2n) is 10.7. The molecule has 1 spiro atoms. The van der Waals surface area contributed by atoms with Gasteiger partial charge in [-0.05, 0) is 57.6 Å². The van der Waals surface area contributed by atoms with Crippen molar-refractivity contribution in [3.63, 3.8) is 0 Å². The Morgan fingerprint density at radius 3 is 2.43 bits per heavy atom. The molecule has 190 valence electrons. The smallest absolute Gasteiger partial charge is 0.246 e. The zero-order valence-corrected chi connectivity index (χ0v) is 22.0. The van der Waals surface area contributed by atoms with E-state index in [4.69, 9.17) is 5.10 Å². The summed E-state index contributed by atoms with van der Waals surface area (Å²) in [4.78, 5) is 31.3. The van der Waals surface area contributed by atoms with Crippen molar-refractivity contribution < 1.29 is 9.59 Å². The Balaban J connectivity index is 1.49. The molecular weight excluding hydrogens is 438 g/mol. The lowest BCUT2D eigenvalue weighted by Gasteiger charge is -2.52. The lowest BCUT2D eigenvalue weighted by Crippen LogP contribution is -2.73. The van der Waals surface area contributed by atoms with Gasteiger partial charge in [0.05, 0.1) is 11.4 Å². The third-order valence-corrected chi connectivity index (χ3v) is 7.76. The van der Waals surface area contributed by atoms with Crippen LogP contribution in [0.1, 0.15) is 69.8 Å². The van der Waals surface area contributed by atoms with Crippen LogP contribution in [0, 0.1) is 19.8 Å². The fourth-order valence-corrected chi connectivity index (χ4v) is 5.67. The highest BCUT2D eigenvalue weighted by Gasteiger charge is 2.53. The molecule has 7 nitrogen and oxygen atoms in total. The molecule has 7 heteroatoms. The molecule has 2 fully saturated rings. The van der Waals surface area contributed by atoms with E-state index in [2.05, 4.69) is 57.0 Å². The Kier molecular flexibility index (Phi) is 7.64. The molecule has 1 N–H and O–H groups in total. The minimum atomic E-state index is -0.714. The van der Waals surface area contributed by atoms with Crippen LogP contribution in [0.2, 0.25) is 0 Å². The molecule has 2 saturated heterocycles. The first-order chi connectivity index (χ1) is 16.8. The number of amides is 2. The second-order valence-corrected chi connectivity index (χ2v) is 10.7. The number of carbonyl (C=O) groups excluding carboxylic acids is 2. The number of aromatic nitrogens is 2. The Bertz CT molecular complexity index is 1040. The molecule has 1 aromatic heterocycles. The fourth-order valence-electron chi connectivity index (χ4n) is 5.67. The van der Waals surface area contributed by atoms with Crippen LogP contribution in [0.25, 0.3) is 5.69 Å². The number of carbonyl (C=O) groups is 2. The summed E-state index contributed by atoms with van der Waals surface area (Å²) in [6.45, 7) is 13.6. The number of benzene rings is 1. The Morgan fingerprint density at radius 1 is 1.11 bits per heavy atom. The van der Waals surface area contributed by atoms with Gasteiger partial charge in [0.2, 0.25) is 11.8 Å². The van der Waals surface area contributed by atoms with Crippen molar-refractivity contribution in [2.24, 2.45) is 5.92 Å². The average molecular weight is 480 g/mol. The zero-order valence-electron chi connectivity index (χ0n) is 22.0. The standard InChI is InChI=1S/C28H41N5O2/c1-6-7-15-32-26(34)25(18-20(2)3)29-27(35)28(32)13-16-31(17-14-28)19-24-21(4)30-33(22(24)5)23-11-9-8-10-12-23/h8-12,20,25H,6-7,13-19H2,1-5H3,(H,29,35). The Morgan fingerprint density at radius 2 is 1.80 bits per heavy atom. The van der Waals surface area contributed by atoms with E-state index < -0.39 is 11.6 Å². The number of nitrogens with one attached hydrogen (secondary N) is 1. The second kappa shape index (κ2) is 10.5. The van der Waals surface area contributed by atoms with Gasteiger partial charge in [0.15, 0.2) is 0 Å². The molecule has 0 radical (unpaired) electrons. The molecule has 2 aliphatic heterocycles. The summed E-state index contributed by atoms with van der Waals surface area (Å²) in [5.74, 6) is 0.509. The van der Waals surface area contributed by atoms with Gasteiger partial charge in [-0.3, -0.25) is 14.5 Å². The SMILES string of the molecule is CCCCN1C(=O)C(CC(C)C)NC(=O)C12CCN(Cc1c(C)nn(-c3ccccc3)c1C)CC2. The van der Waals surface area contributed by atoms with Gasteiger partial charge in [-0.15, -0.1) is 0 Å². The molecule has 4 rings (SSSR count). The van der Waals surface area contributed by atoms with Crippen molar-refractivity contribution >= 4 is 11.8 Å². The number of para-hydroxylation sites is 1. The van der Waals surface area contributed by atoms with Crippen LogP contribution >= 0.6 is 0 Å². The molecular formula is C28H41N5O2. The molecule has 1 aromatic carbocycles. The first-order valence-corrected chi connectivity index (χ1v) is 13.2. The van der Waals surface area contributed by atoms with Crippen LogP contribution in [0.4, 0.5) is 0 Å². The summed E-state index contributed by atoms with van der Waals surface area (Å²) >= 11 is 0. The number of piperazine rings is 1. The molecule has 0 saturated carbocycles. The van der Waals surface area contributed by atoms with E-state index in [0.717, 1.165) is 49.6 Å². The van der Waals surface area contributed by atoms with E-state index in [0.29, 0.717) is 31.7 Å². The number of hydrogen-bond acceptors (Lipinski definition) is 4. The largest absolute Gasteiger partial charge is 0.342 e. The molecule has 2 aromatic rings. The summed E-state index contributed by atoms with van der Waals surface area (Å²) in [5.41, 5.74) is 3.79. The summed E-state index contributed by atoms with van der Waals surface area (Å²) in [6, 6.07) is 9.83. The first kappa shape index (κ1) is 25.4. The quantitative estimate of drug-likeness (QED) is 0.621. The van der Waals surface area contributed by atoms with Crippen LogP contribution in [0.15, 0.2) is 30.3 Å². The summed E-state index contributed by atoms with van der Waals surface area (Å²) < 4.78 is 2.02. The van der Waals surface area contributed by atoms with E-state index in [-0.39, 0.29) is 11.8 Å². The van der Waals surface area contributed by atoms with Crippen molar-refractivity contribution in [1.29, 1.82) is 0 Å². The predicted octanol–water partition coefficient (Wildman–Crippen LogP) is 4.00. The van der Waals surface area contributed by atoms with E-state index in [1.54, 1.807) is 0 Å². The Hall–Kier alpha value is -2.67. The maximum absolute atomic E-state index is 13.5. The molecule has 2 amide bonds. The van der Waals surface area contributed by atoms with Gasteiger partial charge >= 0.3 is 0 Å². The number of piperidine rings is 1. The maximum Gasteiger partial charge on any atom is 0.246 e. The van der Waals surface area contributed by atoms with Crippen molar-refractivity contribution in [1.82, 2.24) is 24.9 Å².